The van der Waals surface area contributed by atoms with Gasteiger partial charge in [0.2, 0.25) is 0 Å². The lowest BCUT2D eigenvalue weighted by atomic mass is 9.99. The van der Waals surface area contributed by atoms with Crippen LogP contribution < -0.4 is 4.90 Å². The molecule has 0 saturated carbocycles. The highest BCUT2D eigenvalue weighted by molar-refractivity contribution is 5.95. The van der Waals surface area contributed by atoms with Crippen LogP contribution in [-0.4, -0.2) is 36.6 Å². The Bertz CT molecular complexity index is 785. The van der Waals surface area contributed by atoms with Gasteiger partial charge in [0.1, 0.15) is 6.61 Å². The van der Waals surface area contributed by atoms with Gasteiger partial charge in [0.15, 0.2) is 0 Å². The smallest absolute Gasteiger partial charge is 0.414 e. The van der Waals surface area contributed by atoms with E-state index in [0.717, 1.165) is 18.7 Å². The number of ether oxygens (including phenoxy) is 1. The van der Waals surface area contributed by atoms with E-state index in [0.29, 0.717) is 25.3 Å². The largest absolute Gasteiger partial charge is 0.447 e. The molecule has 2 aromatic rings. The van der Waals surface area contributed by atoms with E-state index in [1.54, 1.807) is 29.2 Å². The predicted octanol–water partition coefficient (Wildman–Crippen LogP) is 2.84. The van der Waals surface area contributed by atoms with Gasteiger partial charge in [-0.25, -0.2) is 4.79 Å². The number of anilines is 1. The maximum absolute atomic E-state index is 12.7. The van der Waals surface area contributed by atoms with Crippen molar-refractivity contribution in [2.24, 2.45) is 0 Å². The number of cyclic esters (lactones) is 1. The standard InChI is InChI=1S/C19H18N2O3/c22-18(20-10-9-14-3-1-2-4-16(14)13-20)15-5-7-17(8-6-15)21-11-12-24-19(21)23/h1-8H,9-13H2. The summed E-state index contributed by atoms with van der Waals surface area (Å²) in [7, 11) is 0. The Balaban J connectivity index is 1.50. The second-order valence-corrected chi connectivity index (χ2v) is 6.06. The summed E-state index contributed by atoms with van der Waals surface area (Å²) in [5, 5.41) is 0. The molecule has 2 aliphatic heterocycles. The Hall–Kier alpha value is -2.82. The molecule has 2 amide bonds. The number of carbonyl (C=O) groups is 2. The molecular formula is C19H18N2O3. The van der Waals surface area contributed by atoms with Crippen LogP contribution in [0.25, 0.3) is 0 Å². The Labute approximate surface area is 140 Å². The van der Waals surface area contributed by atoms with E-state index >= 15 is 0 Å². The minimum absolute atomic E-state index is 0.0278. The minimum Gasteiger partial charge on any atom is -0.447 e. The van der Waals surface area contributed by atoms with Gasteiger partial charge in [0.25, 0.3) is 5.91 Å². The van der Waals surface area contributed by atoms with E-state index in [2.05, 4.69) is 12.1 Å². The van der Waals surface area contributed by atoms with Gasteiger partial charge in [-0.2, -0.15) is 0 Å². The van der Waals surface area contributed by atoms with Gasteiger partial charge in [0, 0.05) is 24.3 Å². The predicted molar refractivity (Wildman–Crippen MR) is 90.0 cm³/mol. The maximum atomic E-state index is 12.7. The zero-order valence-electron chi connectivity index (χ0n) is 13.3. The Morgan fingerprint density at radius 1 is 0.958 bits per heavy atom. The number of hydrogen-bond donors (Lipinski definition) is 0. The molecule has 122 valence electrons. The highest BCUT2D eigenvalue weighted by Gasteiger charge is 2.25. The molecule has 5 nitrogen and oxygen atoms in total. The number of carbonyl (C=O) groups excluding carboxylic acids is 2. The second-order valence-electron chi connectivity index (χ2n) is 6.06. The van der Waals surface area contributed by atoms with E-state index in [4.69, 9.17) is 4.74 Å². The summed E-state index contributed by atoms with van der Waals surface area (Å²) in [4.78, 5) is 27.8. The highest BCUT2D eigenvalue weighted by atomic mass is 16.6. The average Bonchev–Trinajstić information content (AvgIpc) is 3.07. The van der Waals surface area contributed by atoms with Crippen molar-refractivity contribution >= 4 is 17.7 Å². The first kappa shape index (κ1) is 14.8. The van der Waals surface area contributed by atoms with Crippen molar-refractivity contribution in [2.75, 3.05) is 24.6 Å². The molecule has 0 atom stereocenters. The maximum Gasteiger partial charge on any atom is 0.414 e. The fourth-order valence-electron chi connectivity index (χ4n) is 3.26. The third-order valence-corrected chi connectivity index (χ3v) is 4.60. The van der Waals surface area contributed by atoms with Crippen molar-refractivity contribution < 1.29 is 14.3 Å². The molecule has 2 aromatic carbocycles. The molecule has 4 rings (SSSR count). The molecule has 0 N–H and O–H groups in total. The average molecular weight is 322 g/mol. The van der Waals surface area contributed by atoms with Crippen molar-refractivity contribution in [1.82, 2.24) is 4.90 Å². The van der Waals surface area contributed by atoms with Gasteiger partial charge in [-0.3, -0.25) is 9.69 Å². The molecule has 1 fully saturated rings. The Morgan fingerprint density at radius 3 is 2.42 bits per heavy atom. The zero-order chi connectivity index (χ0) is 16.5. The zero-order valence-corrected chi connectivity index (χ0v) is 13.3. The quantitative estimate of drug-likeness (QED) is 0.854. The molecule has 0 bridgehead atoms. The van der Waals surface area contributed by atoms with E-state index in [-0.39, 0.29) is 12.0 Å². The third-order valence-electron chi connectivity index (χ3n) is 4.60. The van der Waals surface area contributed by atoms with Crippen molar-refractivity contribution in [3.63, 3.8) is 0 Å². The summed E-state index contributed by atoms with van der Waals surface area (Å²) in [5.74, 6) is 0.0278. The van der Waals surface area contributed by atoms with Crippen LogP contribution in [0.3, 0.4) is 0 Å². The van der Waals surface area contributed by atoms with Gasteiger partial charge in [-0.1, -0.05) is 24.3 Å². The van der Waals surface area contributed by atoms with Gasteiger partial charge in [0.05, 0.1) is 6.54 Å². The van der Waals surface area contributed by atoms with E-state index in [1.165, 1.54) is 11.1 Å². The minimum atomic E-state index is -0.332. The molecule has 5 heteroatoms. The molecule has 0 aromatic heterocycles. The van der Waals surface area contributed by atoms with E-state index in [1.807, 2.05) is 17.0 Å². The molecular weight excluding hydrogens is 304 g/mol. The summed E-state index contributed by atoms with van der Waals surface area (Å²) in [6, 6.07) is 15.4. The van der Waals surface area contributed by atoms with Crippen LogP contribution in [0.15, 0.2) is 48.5 Å². The van der Waals surface area contributed by atoms with Crippen LogP contribution >= 0.6 is 0 Å². The van der Waals surface area contributed by atoms with Gasteiger partial charge in [-0.15, -0.1) is 0 Å². The lowest BCUT2D eigenvalue weighted by molar-refractivity contribution is 0.0734. The van der Waals surface area contributed by atoms with Gasteiger partial charge < -0.3 is 9.64 Å². The number of rotatable bonds is 2. The molecule has 24 heavy (non-hydrogen) atoms. The number of nitrogens with zero attached hydrogens (tertiary/aromatic N) is 2. The summed E-state index contributed by atoms with van der Waals surface area (Å²) in [6.07, 6.45) is 0.557. The topological polar surface area (TPSA) is 49.9 Å². The second kappa shape index (κ2) is 6.00. The van der Waals surface area contributed by atoms with Crippen LogP contribution in [0.1, 0.15) is 21.5 Å². The molecule has 2 heterocycles. The summed E-state index contributed by atoms with van der Waals surface area (Å²) in [5.41, 5.74) is 3.95. The van der Waals surface area contributed by atoms with Crippen molar-refractivity contribution in [2.45, 2.75) is 13.0 Å². The van der Waals surface area contributed by atoms with Crippen molar-refractivity contribution in [3.05, 3.63) is 65.2 Å². The number of amides is 2. The molecule has 1 saturated heterocycles. The molecule has 2 aliphatic rings. The van der Waals surface area contributed by atoms with E-state index < -0.39 is 0 Å². The van der Waals surface area contributed by atoms with Gasteiger partial charge in [-0.05, 0) is 41.8 Å². The first-order valence-electron chi connectivity index (χ1n) is 8.13. The Morgan fingerprint density at radius 2 is 1.71 bits per heavy atom. The third kappa shape index (κ3) is 2.62. The fraction of sp³-hybridized carbons (Fsp3) is 0.263. The van der Waals surface area contributed by atoms with Crippen LogP contribution in [0.2, 0.25) is 0 Å². The number of fused-ring (bicyclic) bond motifs is 1. The van der Waals surface area contributed by atoms with Crippen molar-refractivity contribution in [3.8, 4) is 0 Å². The lowest BCUT2D eigenvalue weighted by Gasteiger charge is -2.29. The molecule has 0 unspecified atom stereocenters. The summed E-state index contributed by atoms with van der Waals surface area (Å²) < 4.78 is 4.94. The first-order chi connectivity index (χ1) is 11.7. The van der Waals surface area contributed by atoms with Crippen LogP contribution in [0, 0.1) is 0 Å². The monoisotopic (exact) mass is 322 g/mol. The fourth-order valence-corrected chi connectivity index (χ4v) is 3.26. The summed E-state index contributed by atoms with van der Waals surface area (Å²) >= 11 is 0. The van der Waals surface area contributed by atoms with Crippen LogP contribution in [-0.2, 0) is 17.7 Å². The molecule has 0 aliphatic carbocycles. The highest BCUT2D eigenvalue weighted by Crippen LogP contribution is 2.23. The normalized spacial score (nSPS) is 16.8. The van der Waals surface area contributed by atoms with E-state index in [9.17, 15) is 9.59 Å². The molecule has 0 spiro atoms. The molecule has 0 radical (unpaired) electrons. The van der Waals surface area contributed by atoms with Crippen LogP contribution in [0.5, 0.6) is 0 Å². The SMILES string of the molecule is O=C(c1ccc(N2CCOC2=O)cc1)N1CCc2ccccc2C1. The number of hydrogen-bond acceptors (Lipinski definition) is 3. The lowest BCUT2D eigenvalue weighted by Crippen LogP contribution is -2.35. The first-order valence-corrected chi connectivity index (χ1v) is 8.13. The van der Waals surface area contributed by atoms with Crippen LogP contribution in [0.4, 0.5) is 10.5 Å². The Kier molecular flexibility index (Phi) is 3.69. The summed E-state index contributed by atoms with van der Waals surface area (Å²) in [6.45, 7) is 2.34. The van der Waals surface area contributed by atoms with Crippen molar-refractivity contribution in [1.29, 1.82) is 0 Å². The number of benzene rings is 2. The van der Waals surface area contributed by atoms with Gasteiger partial charge >= 0.3 is 6.09 Å².